The molecule has 6 heteroatoms. The summed E-state index contributed by atoms with van der Waals surface area (Å²) in [5.41, 5.74) is 5.36. The first-order valence-electron chi connectivity index (χ1n) is 5.04. The molecule has 0 aromatic heterocycles. The Bertz CT molecular complexity index is 358. The molecule has 0 amide bonds. The molecule has 1 atom stereocenters. The van der Waals surface area contributed by atoms with Gasteiger partial charge in [-0.25, -0.2) is 0 Å². The van der Waals surface area contributed by atoms with Crippen molar-refractivity contribution in [3.05, 3.63) is 28.7 Å². The quantitative estimate of drug-likeness (QED) is 0.752. The number of carboxylic acids is 1. The molecule has 1 rings (SSSR count). The largest absolute Gasteiger partial charge is 0.493 e. The van der Waals surface area contributed by atoms with E-state index in [-0.39, 0.29) is 0 Å². The maximum absolute atomic E-state index is 10.4. The van der Waals surface area contributed by atoms with Crippen LogP contribution < -0.4 is 10.5 Å². The van der Waals surface area contributed by atoms with Gasteiger partial charge in [0, 0.05) is 16.0 Å². The number of hydrogen-bond acceptors (Lipinski definition) is 4. The van der Waals surface area contributed by atoms with Crippen molar-refractivity contribution in [3.8, 4) is 5.75 Å². The summed E-state index contributed by atoms with van der Waals surface area (Å²) >= 11 is 4.81. The molecule has 4 nitrogen and oxygen atoms in total. The number of thioether (sulfide) groups is 1. The smallest absolute Gasteiger partial charge is 0.321 e. The van der Waals surface area contributed by atoms with Crippen molar-refractivity contribution in [2.75, 3.05) is 18.1 Å². The summed E-state index contributed by atoms with van der Waals surface area (Å²) in [5, 5.41) is 8.57. The van der Waals surface area contributed by atoms with E-state index in [1.165, 1.54) is 11.8 Å². The number of halogens is 1. The van der Waals surface area contributed by atoms with Gasteiger partial charge in [0.15, 0.2) is 0 Å². The van der Waals surface area contributed by atoms with Crippen LogP contribution >= 0.6 is 27.7 Å². The summed E-state index contributed by atoms with van der Waals surface area (Å²) in [6, 6.07) is 6.76. The molecule has 3 N–H and O–H groups in total. The SMILES string of the molecule is NC(CSCCOc1ccc(Br)cc1)C(=O)O. The summed E-state index contributed by atoms with van der Waals surface area (Å²) in [4.78, 5) is 10.4. The second kappa shape index (κ2) is 7.58. The fourth-order valence-corrected chi connectivity index (χ4v) is 2.06. The second-order valence-corrected chi connectivity index (χ2v) is 5.39. The molecule has 0 aliphatic heterocycles. The molecule has 0 fully saturated rings. The van der Waals surface area contributed by atoms with E-state index in [1.54, 1.807) is 0 Å². The number of carboxylic acid groups (broad SMARTS) is 1. The molecule has 1 aromatic rings. The zero-order valence-corrected chi connectivity index (χ0v) is 11.5. The fourth-order valence-electron chi connectivity index (χ4n) is 1.03. The van der Waals surface area contributed by atoms with Crippen molar-refractivity contribution in [1.82, 2.24) is 0 Å². The number of hydrogen-bond donors (Lipinski definition) is 2. The minimum absolute atomic E-state index is 0.402. The molecule has 1 aromatic carbocycles. The van der Waals surface area contributed by atoms with Crippen LogP contribution in [0.2, 0.25) is 0 Å². The van der Waals surface area contributed by atoms with Gasteiger partial charge < -0.3 is 15.6 Å². The summed E-state index contributed by atoms with van der Waals surface area (Å²) in [5.74, 6) is 0.957. The topological polar surface area (TPSA) is 72.5 Å². The van der Waals surface area contributed by atoms with E-state index in [0.29, 0.717) is 12.4 Å². The summed E-state index contributed by atoms with van der Waals surface area (Å²) in [7, 11) is 0. The fraction of sp³-hybridized carbons (Fsp3) is 0.364. The third kappa shape index (κ3) is 5.95. The van der Waals surface area contributed by atoms with E-state index in [4.69, 9.17) is 15.6 Å². The molecule has 0 aliphatic rings. The lowest BCUT2D eigenvalue weighted by molar-refractivity contribution is -0.137. The van der Waals surface area contributed by atoms with Crippen LogP contribution in [-0.4, -0.2) is 35.2 Å². The first kappa shape index (κ1) is 14.3. The Kier molecular flexibility index (Phi) is 6.39. The Morgan fingerprint density at radius 2 is 2.12 bits per heavy atom. The van der Waals surface area contributed by atoms with Gasteiger partial charge in [0.05, 0.1) is 6.61 Å². The molecule has 0 saturated carbocycles. The summed E-state index contributed by atoms with van der Waals surface area (Å²) in [6.07, 6.45) is 0. The molecule has 0 bridgehead atoms. The van der Waals surface area contributed by atoms with Crippen LogP contribution in [0.5, 0.6) is 5.75 Å². The van der Waals surface area contributed by atoms with Gasteiger partial charge in [0.1, 0.15) is 11.8 Å². The molecule has 1 unspecified atom stereocenters. The van der Waals surface area contributed by atoms with Gasteiger partial charge in [-0.3, -0.25) is 4.79 Å². The highest BCUT2D eigenvalue weighted by molar-refractivity contribution is 9.10. The van der Waals surface area contributed by atoms with E-state index in [1.807, 2.05) is 24.3 Å². The van der Waals surface area contributed by atoms with Crippen LogP contribution in [0.3, 0.4) is 0 Å². The van der Waals surface area contributed by atoms with Crippen molar-refractivity contribution < 1.29 is 14.6 Å². The van der Waals surface area contributed by atoms with Crippen LogP contribution in [0.1, 0.15) is 0 Å². The maximum Gasteiger partial charge on any atom is 0.321 e. The van der Waals surface area contributed by atoms with Gasteiger partial charge in [-0.2, -0.15) is 11.8 Å². The van der Waals surface area contributed by atoms with Crippen LogP contribution in [0, 0.1) is 0 Å². The summed E-state index contributed by atoms with van der Waals surface area (Å²) in [6.45, 7) is 0.540. The number of aliphatic carboxylic acids is 1. The number of rotatable bonds is 7. The normalized spacial score (nSPS) is 12.1. The van der Waals surface area contributed by atoms with Crippen molar-refractivity contribution >= 4 is 33.7 Å². The van der Waals surface area contributed by atoms with Gasteiger partial charge in [0.2, 0.25) is 0 Å². The van der Waals surface area contributed by atoms with Crippen molar-refractivity contribution in [2.45, 2.75) is 6.04 Å². The highest BCUT2D eigenvalue weighted by atomic mass is 79.9. The lowest BCUT2D eigenvalue weighted by atomic mass is 10.3. The molecule has 0 radical (unpaired) electrons. The molecule has 0 saturated heterocycles. The number of ether oxygens (including phenoxy) is 1. The lowest BCUT2D eigenvalue weighted by Gasteiger charge is -2.07. The van der Waals surface area contributed by atoms with Gasteiger partial charge in [0.25, 0.3) is 0 Å². The Labute approximate surface area is 113 Å². The highest BCUT2D eigenvalue weighted by Crippen LogP contribution is 2.16. The molecule has 0 heterocycles. The van der Waals surface area contributed by atoms with E-state index >= 15 is 0 Å². The van der Waals surface area contributed by atoms with Crippen LogP contribution in [-0.2, 0) is 4.79 Å². The number of nitrogens with two attached hydrogens (primary N) is 1. The minimum atomic E-state index is -0.966. The molecule has 17 heavy (non-hydrogen) atoms. The monoisotopic (exact) mass is 319 g/mol. The average Bonchev–Trinajstić information content (AvgIpc) is 2.30. The third-order valence-corrected chi connectivity index (χ3v) is 3.50. The standard InChI is InChI=1S/C11H14BrNO3S/c12-8-1-3-9(4-2-8)16-5-6-17-7-10(13)11(14)15/h1-4,10H,5-7,13H2,(H,14,15). The predicted molar refractivity (Wildman–Crippen MR) is 72.6 cm³/mol. The number of carbonyl (C=O) groups is 1. The maximum atomic E-state index is 10.4. The molecule has 0 aliphatic carbocycles. The van der Waals surface area contributed by atoms with Crippen molar-refractivity contribution in [1.29, 1.82) is 0 Å². The molecular weight excluding hydrogens is 306 g/mol. The van der Waals surface area contributed by atoms with Gasteiger partial charge in [-0.05, 0) is 24.3 Å². The summed E-state index contributed by atoms with van der Waals surface area (Å²) < 4.78 is 6.48. The Morgan fingerprint density at radius 1 is 1.47 bits per heavy atom. The predicted octanol–water partition coefficient (Wildman–Crippen LogP) is 1.97. The van der Waals surface area contributed by atoms with Gasteiger partial charge in [-0.15, -0.1) is 0 Å². The third-order valence-electron chi connectivity index (χ3n) is 1.92. The Morgan fingerprint density at radius 3 is 2.71 bits per heavy atom. The Balaban J connectivity index is 2.12. The van der Waals surface area contributed by atoms with Gasteiger partial charge in [-0.1, -0.05) is 15.9 Å². The zero-order valence-electron chi connectivity index (χ0n) is 9.14. The molecule has 94 valence electrons. The highest BCUT2D eigenvalue weighted by Gasteiger charge is 2.10. The average molecular weight is 320 g/mol. The van der Waals surface area contributed by atoms with E-state index in [0.717, 1.165) is 16.0 Å². The first-order chi connectivity index (χ1) is 8.09. The van der Waals surface area contributed by atoms with E-state index < -0.39 is 12.0 Å². The zero-order chi connectivity index (χ0) is 12.7. The van der Waals surface area contributed by atoms with Crippen molar-refractivity contribution in [2.24, 2.45) is 5.73 Å². The van der Waals surface area contributed by atoms with Crippen molar-refractivity contribution in [3.63, 3.8) is 0 Å². The van der Waals surface area contributed by atoms with Crippen LogP contribution in [0.15, 0.2) is 28.7 Å². The van der Waals surface area contributed by atoms with E-state index in [2.05, 4.69) is 15.9 Å². The first-order valence-corrected chi connectivity index (χ1v) is 6.99. The molecular formula is C11H14BrNO3S. The minimum Gasteiger partial charge on any atom is -0.493 e. The van der Waals surface area contributed by atoms with Gasteiger partial charge >= 0.3 is 5.97 Å². The van der Waals surface area contributed by atoms with Crippen LogP contribution in [0.4, 0.5) is 0 Å². The number of benzene rings is 1. The molecule has 0 spiro atoms. The van der Waals surface area contributed by atoms with Crippen LogP contribution in [0.25, 0.3) is 0 Å². The van der Waals surface area contributed by atoms with E-state index in [9.17, 15) is 4.79 Å². The second-order valence-electron chi connectivity index (χ2n) is 3.32. The Hall–Kier alpha value is -0.720. The lowest BCUT2D eigenvalue weighted by Crippen LogP contribution is -2.32.